The zero-order chi connectivity index (χ0) is 16.4. The van der Waals surface area contributed by atoms with E-state index in [2.05, 4.69) is 11.9 Å². The minimum absolute atomic E-state index is 0.187. The molecule has 2 aromatic carbocycles. The van der Waals surface area contributed by atoms with E-state index in [4.69, 9.17) is 17.3 Å². The van der Waals surface area contributed by atoms with E-state index < -0.39 is 0 Å². The quantitative estimate of drug-likeness (QED) is 0.792. The van der Waals surface area contributed by atoms with Crippen molar-refractivity contribution in [2.75, 3.05) is 0 Å². The van der Waals surface area contributed by atoms with E-state index in [9.17, 15) is 4.79 Å². The lowest BCUT2D eigenvalue weighted by molar-refractivity contribution is 0.583. The molecule has 0 spiro atoms. The fraction of sp³-hybridized carbons (Fsp3) is 0.222. The first-order valence-electron chi connectivity index (χ1n) is 7.65. The van der Waals surface area contributed by atoms with Gasteiger partial charge in [0.1, 0.15) is 5.82 Å². The molecule has 3 aromatic rings. The molecule has 1 heterocycles. The highest BCUT2D eigenvalue weighted by Gasteiger charge is 2.18. The summed E-state index contributed by atoms with van der Waals surface area (Å²) in [4.78, 5) is 17.7. The highest BCUT2D eigenvalue weighted by atomic mass is 35.5. The van der Waals surface area contributed by atoms with Crippen LogP contribution in [-0.2, 0) is 0 Å². The van der Waals surface area contributed by atoms with E-state index in [0.29, 0.717) is 21.7 Å². The van der Waals surface area contributed by atoms with Crippen molar-refractivity contribution in [2.24, 2.45) is 5.73 Å². The topological polar surface area (TPSA) is 60.9 Å². The number of aromatic nitrogens is 2. The van der Waals surface area contributed by atoms with Gasteiger partial charge in [-0.15, -0.1) is 0 Å². The smallest absolute Gasteiger partial charge is 0.267 e. The summed E-state index contributed by atoms with van der Waals surface area (Å²) in [5.74, 6) is 0.567. The van der Waals surface area contributed by atoms with Gasteiger partial charge in [0.05, 0.1) is 27.7 Å². The number of para-hydroxylation sites is 1. The van der Waals surface area contributed by atoms with Crippen molar-refractivity contribution in [3.05, 3.63) is 69.7 Å². The molecule has 2 N–H and O–H groups in total. The van der Waals surface area contributed by atoms with Crippen molar-refractivity contribution in [3.63, 3.8) is 0 Å². The maximum absolute atomic E-state index is 13.1. The van der Waals surface area contributed by atoms with Crippen molar-refractivity contribution >= 4 is 22.5 Å². The number of nitrogens with zero attached hydrogens (tertiary/aromatic N) is 2. The number of halogens is 1. The Bertz CT molecular complexity index is 890. The standard InChI is InChI=1S/C18H18ClN3O/c1-2-7-14(20)17-21-15-11-6-10-13(19)16(15)18(23)22(17)12-8-4-3-5-9-12/h3-6,8-11,14H,2,7,20H2,1H3. The molecule has 1 atom stereocenters. The zero-order valence-corrected chi connectivity index (χ0v) is 13.6. The highest BCUT2D eigenvalue weighted by molar-refractivity contribution is 6.35. The maximum atomic E-state index is 13.1. The summed E-state index contributed by atoms with van der Waals surface area (Å²) in [7, 11) is 0. The molecule has 3 rings (SSSR count). The fourth-order valence-electron chi connectivity index (χ4n) is 2.72. The molecule has 4 nitrogen and oxygen atoms in total. The molecule has 0 saturated heterocycles. The Balaban J connectivity index is 2.38. The molecular formula is C18H18ClN3O. The second-order valence-corrected chi connectivity index (χ2v) is 5.88. The molecule has 1 unspecified atom stereocenters. The molecule has 5 heteroatoms. The highest BCUT2D eigenvalue weighted by Crippen LogP contribution is 2.23. The lowest BCUT2D eigenvalue weighted by Gasteiger charge is -2.18. The van der Waals surface area contributed by atoms with Gasteiger partial charge in [-0.05, 0) is 30.7 Å². The molecule has 0 aliphatic rings. The van der Waals surface area contributed by atoms with Gasteiger partial charge in [-0.1, -0.05) is 49.2 Å². The van der Waals surface area contributed by atoms with Gasteiger partial charge in [0.25, 0.3) is 5.56 Å². The molecule has 0 saturated carbocycles. The molecule has 1 aromatic heterocycles. The molecule has 23 heavy (non-hydrogen) atoms. The molecule has 0 radical (unpaired) electrons. The van der Waals surface area contributed by atoms with Gasteiger partial charge >= 0.3 is 0 Å². The Morgan fingerprint density at radius 2 is 1.91 bits per heavy atom. The predicted molar refractivity (Wildman–Crippen MR) is 94.2 cm³/mol. The average molecular weight is 328 g/mol. The summed E-state index contributed by atoms with van der Waals surface area (Å²) in [5.41, 5.74) is 7.42. The Kier molecular flexibility index (Phi) is 4.46. The Hall–Kier alpha value is -2.17. The lowest BCUT2D eigenvalue weighted by atomic mass is 10.1. The van der Waals surface area contributed by atoms with Crippen LogP contribution in [0.3, 0.4) is 0 Å². The largest absolute Gasteiger partial charge is 0.321 e. The summed E-state index contributed by atoms with van der Waals surface area (Å²) in [6, 6.07) is 14.4. The van der Waals surface area contributed by atoms with Crippen molar-refractivity contribution in [1.82, 2.24) is 9.55 Å². The van der Waals surface area contributed by atoms with E-state index in [0.717, 1.165) is 18.5 Å². The van der Waals surface area contributed by atoms with Crippen LogP contribution in [0.4, 0.5) is 0 Å². The minimum Gasteiger partial charge on any atom is -0.321 e. The van der Waals surface area contributed by atoms with Gasteiger partial charge in [-0.3, -0.25) is 9.36 Å². The van der Waals surface area contributed by atoms with E-state index in [-0.39, 0.29) is 11.6 Å². The number of benzene rings is 2. The Morgan fingerprint density at radius 3 is 2.61 bits per heavy atom. The molecule has 0 aliphatic carbocycles. The molecule has 0 amide bonds. The molecular weight excluding hydrogens is 310 g/mol. The van der Waals surface area contributed by atoms with Crippen LogP contribution in [0.15, 0.2) is 53.3 Å². The van der Waals surface area contributed by atoms with E-state index in [1.165, 1.54) is 0 Å². The first-order valence-corrected chi connectivity index (χ1v) is 8.03. The molecule has 118 valence electrons. The monoisotopic (exact) mass is 327 g/mol. The van der Waals surface area contributed by atoms with Gasteiger partial charge in [-0.2, -0.15) is 0 Å². The number of rotatable bonds is 4. The van der Waals surface area contributed by atoms with Crippen molar-refractivity contribution in [1.29, 1.82) is 0 Å². The van der Waals surface area contributed by atoms with Crippen LogP contribution in [0.5, 0.6) is 0 Å². The summed E-state index contributed by atoms with van der Waals surface area (Å²) in [6.07, 6.45) is 1.67. The lowest BCUT2D eigenvalue weighted by Crippen LogP contribution is -2.28. The van der Waals surface area contributed by atoms with Gasteiger partial charge < -0.3 is 5.73 Å². The summed E-state index contributed by atoms with van der Waals surface area (Å²) in [6.45, 7) is 2.06. The van der Waals surface area contributed by atoms with Crippen LogP contribution in [0.25, 0.3) is 16.6 Å². The van der Waals surface area contributed by atoms with Crippen LogP contribution >= 0.6 is 11.6 Å². The van der Waals surface area contributed by atoms with E-state index in [1.807, 2.05) is 30.3 Å². The molecule has 0 aliphatic heterocycles. The second-order valence-electron chi connectivity index (χ2n) is 5.48. The number of fused-ring (bicyclic) bond motifs is 1. The number of hydrogen-bond acceptors (Lipinski definition) is 3. The maximum Gasteiger partial charge on any atom is 0.267 e. The first-order chi connectivity index (χ1) is 11.1. The SMILES string of the molecule is CCCC(N)c1nc2cccc(Cl)c2c(=O)n1-c1ccccc1. The second kappa shape index (κ2) is 6.52. The van der Waals surface area contributed by atoms with Crippen LogP contribution < -0.4 is 11.3 Å². The van der Waals surface area contributed by atoms with Gasteiger partial charge in [0, 0.05) is 0 Å². The first kappa shape index (κ1) is 15.7. The number of hydrogen-bond donors (Lipinski definition) is 1. The van der Waals surface area contributed by atoms with Gasteiger partial charge in [0.2, 0.25) is 0 Å². The Labute approximate surface area is 139 Å². The van der Waals surface area contributed by atoms with Crippen molar-refractivity contribution < 1.29 is 0 Å². The predicted octanol–water partition coefficient (Wildman–Crippen LogP) is 3.84. The molecule has 0 fully saturated rings. The van der Waals surface area contributed by atoms with E-state index >= 15 is 0 Å². The van der Waals surface area contributed by atoms with Crippen LogP contribution in [0.2, 0.25) is 5.02 Å². The zero-order valence-electron chi connectivity index (χ0n) is 12.9. The third kappa shape index (κ3) is 2.87. The minimum atomic E-state index is -0.309. The fourth-order valence-corrected chi connectivity index (χ4v) is 2.97. The third-order valence-electron chi connectivity index (χ3n) is 3.82. The summed E-state index contributed by atoms with van der Waals surface area (Å²) >= 11 is 6.23. The van der Waals surface area contributed by atoms with E-state index in [1.54, 1.807) is 22.8 Å². The van der Waals surface area contributed by atoms with Gasteiger partial charge in [-0.25, -0.2) is 4.98 Å². The average Bonchev–Trinajstić information content (AvgIpc) is 2.55. The normalized spacial score (nSPS) is 12.5. The van der Waals surface area contributed by atoms with Crippen molar-refractivity contribution in [3.8, 4) is 5.69 Å². The van der Waals surface area contributed by atoms with Crippen LogP contribution in [-0.4, -0.2) is 9.55 Å². The third-order valence-corrected chi connectivity index (χ3v) is 4.13. The summed E-state index contributed by atoms with van der Waals surface area (Å²) in [5, 5.41) is 0.825. The number of nitrogens with two attached hydrogens (primary N) is 1. The van der Waals surface area contributed by atoms with Gasteiger partial charge in [0.15, 0.2) is 0 Å². The van der Waals surface area contributed by atoms with Crippen LogP contribution in [0, 0.1) is 0 Å². The van der Waals surface area contributed by atoms with Crippen LogP contribution in [0.1, 0.15) is 31.6 Å². The summed E-state index contributed by atoms with van der Waals surface area (Å²) < 4.78 is 1.58. The molecule has 0 bridgehead atoms. The Morgan fingerprint density at radius 1 is 1.17 bits per heavy atom. The van der Waals surface area contributed by atoms with Crippen molar-refractivity contribution in [2.45, 2.75) is 25.8 Å².